The van der Waals surface area contributed by atoms with E-state index >= 15 is 0 Å². The highest BCUT2D eigenvalue weighted by atomic mass is 79.9. The average molecular weight is 610 g/mol. The Bertz CT molecular complexity index is 908. The molecular weight excluding hydrogens is 578 g/mol. The molecule has 2 aliphatic heterocycles. The lowest BCUT2D eigenvalue weighted by Gasteiger charge is -2.47. The molecule has 1 aromatic rings. The number of quaternary nitrogens is 1. The quantitative estimate of drug-likeness (QED) is 0.269. The Balaban J connectivity index is 0.00000289. The maximum atomic E-state index is 12.0. The van der Waals surface area contributed by atoms with Crippen molar-refractivity contribution >= 4 is 57.8 Å². The second kappa shape index (κ2) is 12.6. The molecule has 4 atom stereocenters. The van der Waals surface area contributed by atoms with Crippen LogP contribution in [0.2, 0.25) is 0 Å². The molecule has 2 bridgehead atoms. The van der Waals surface area contributed by atoms with E-state index in [9.17, 15) is 19.2 Å². The number of ether oxygens (including phenoxy) is 3. The minimum absolute atomic E-state index is 0. The van der Waals surface area contributed by atoms with Gasteiger partial charge < -0.3 is 23.8 Å². The van der Waals surface area contributed by atoms with Gasteiger partial charge >= 0.3 is 23.9 Å². The number of benzene rings is 1. The number of nitrogens with zero attached hydrogens (tertiary/aromatic N) is 1. The number of rotatable bonds is 8. The van der Waals surface area contributed by atoms with Crippen LogP contribution >= 0.6 is 34.0 Å². The van der Waals surface area contributed by atoms with Crippen LogP contribution in [-0.2, 0) is 30.5 Å². The van der Waals surface area contributed by atoms with Crippen molar-refractivity contribution in [3.8, 4) is 11.5 Å². The predicted molar refractivity (Wildman–Crippen MR) is 132 cm³/mol. The first kappa shape index (κ1) is 30.1. The van der Waals surface area contributed by atoms with Gasteiger partial charge in [0.05, 0.1) is 32.0 Å². The van der Waals surface area contributed by atoms with Crippen molar-refractivity contribution in [1.82, 2.24) is 0 Å². The molecule has 0 spiro atoms. The van der Waals surface area contributed by atoms with Crippen LogP contribution in [0.1, 0.15) is 57.9 Å². The first-order chi connectivity index (χ1) is 15.1. The molecular formula is C23H32Br2NO8+. The summed E-state index contributed by atoms with van der Waals surface area (Å²) in [4.78, 5) is 45.5. The summed E-state index contributed by atoms with van der Waals surface area (Å²) >= 11 is 0. The highest BCUT2D eigenvalue weighted by Gasteiger charge is 2.52. The molecule has 2 fully saturated rings. The molecule has 2 unspecified atom stereocenters. The number of aliphatic carboxylic acids is 1. The number of piperidine rings is 1. The van der Waals surface area contributed by atoms with Crippen LogP contribution in [0.3, 0.4) is 0 Å². The van der Waals surface area contributed by atoms with Gasteiger partial charge in [0.2, 0.25) is 0 Å². The number of hydrogen-bond acceptors (Lipinski definition) is 7. The van der Waals surface area contributed by atoms with Crippen molar-refractivity contribution in [1.29, 1.82) is 0 Å². The molecule has 11 heteroatoms. The highest BCUT2D eigenvalue weighted by Crippen LogP contribution is 2.44. The fraction of sp³-hybridized carbons (Fsp3) is 0.565. The van der Waals surface area contributed by atoms with Crippen molar-refractivity contribution in [2.75, 3.05) is 7.05 Å². The molecule has 0 radical (unpaired) electrons. The number of hydrogen-bond donors (Lipinski definition) is 1. The molecule has 2 saturated heterocycles. The van der Waals surface area contributed by atoms with Crippen LogP contribution in [0.4, 0.5) is 0 Å². The van der Waals surface area contributed by atoms with E-state index in [0.29, 0.717) is 18.6 Å². The van der Waals surface area contributed by atoms with E-state index in [2.05, 4.69) is 7.05 Å². The predicted octanol–water partition coefficient (Wildman–Crippen LogP) is 3.74. The Kier molecular flexibility index (Phi) is 11.2. The van der Waals surface area contributed by atoms with E-state index in [4.69, 9.17) is 19.3 Å². The molecule has 0 aromatic heterocycles. The SMILES string of the molecule is Br.Br.CC(=O)Oc1ccc(C[N+]2(C)[C@@H]3CC[C@H]2CC(OC(=O)CCC(=O)O)C3)cc1OC(C)=O. The van der Waals surface area contributed by atoms with Gasteiger partial charge in [0.1, 0.15) is 12.6 Å². The first-order valence-electron chi connectivity index (χ1n) is 10.8. The third kappa shape index (κ3) is 7.51. The van der Waals surface area contributed by atoms with Gasteiger partial charge in [0.25, 0.3) is 0 Å². The number of esters is 3. The largest absolute Gasteiger partial charge is 0.481 e. The number of fused-ring (bicyclic) bond motifs is 2. The number of carboxylic acids is 1. The summed E-state index contributed by atoms with van der Waals surface area (Å²) in [5.41, 5.74) is 0.952. The topological polar surface area (TPSA) is 116 Å². The lowest BCUT2D eigenvalue weighted by molar-refractivity contribution is -0.961. The van der Waals surface area contributed by atoms with E-state index < -0.39 is 23.9 Å². The monoisotopic (exact) mass is 608 g/mol. The maximum absolute atomic E-state index is 12.0. The third-order valence-electron chi connectivity index (χ3n) is 6.45. The van der Waals surface area contributed by atoms with Gasteiger partial charge in [-0.25, -0.2) is 0 Å². The molecule has 3 rings (SSSR count). The van der Waals surface area contributed by atoms with Gasteiger partial charge in [-0.05, 0) is 18.2 Å². The van der Waals surface area contributed by atoms with E-state index in [1.165, 1.54) is 13.8 Å². The Morgan fingerprint density at radius 3 is 2.03 bits per heavy atom. The zero-order valence-electron chi connectivity index (χ0n) is 19.5. The highest BCUT2D eigenvalue weighted by molar-refractivity contribution is 8.93. The zero-order valence-corrected chi connectivity index (χ0v) is 22.9. The molecule has 2 aliphatic rings. The van der Waals surface area contributed by atoms with Crippen LogP contribution < -0.4 is 9.47 Å². The van der Waals surface area contributed by atoms with Crippen LogP contribution in [0.15, 0.2) is 18.2 Å². The van der Waals surface area contributed by atoms with Crippen LogP contribution in [0.5, 0.6) is 11.5 Å². The van der Waals surface area contributed by atoms with E-state index in [-0.39, 0.29) is 64.4 Å². The molecule has 2 heterocycles. The Hall–Kier alpha value is -1.98. The number of carboxylic acid groups (broad SMARTS) is 1. The van der Waals surface area contributed by atoms with Gasteiger partial charge in [0.15, 0.2) is 11.5 Å². The fourth-order valence-electron chi connectivity index (χ4n) is 5.02. The van der Waals surface area contributed by atoms with Gasteiger partial charge in [0, 0.05) is 45.1 Å². The molecule has 1 N–H and O–H groups in total. The molecule has 1 aromatic carbocycles. The normalized spacial score (nSPS) is 24.7. The second-order valence-electron chi connectivity index (χ2n) is 8.84. The van der Waals surface area contributed by atoms with Crippen molar-refractivity contribution in [2.24, 2.45) is 0 Å². The molecule has 0 saturated carbocycles. The van der Waals surface area contributed by atoms with Crippen LogP contribution in [0, 0.1) is 0 Å². The lowest BCUT2D eigenvalue weighted by Crippen LogP contribution is -2.58. The van der Waals surface area contributed by atoms with Gasteiger partial charge in [-0.1, -0.05) is 0 Å². The minimum Gasteiger partial charge on any atom is -0.481 e. The number of carbonyl (C=O) groups is 4. The number of halogens is 2. The zero-order chi connectivity index (χ0) is 23.5. The molecule has 0 amide bonds. The van der Waals surface area contributed by atoms with Gasteiger partial charge in [-0.15, -0.1) is 34.0 Å². The Morgan fingerprint density at radius 2 is 1.50 bits per heavy atom. The van der Waals surface area contributed by atoms with E-state index in [0.717, 1.165) is 35.7 Å². The van der Waals surface area contributed by atoms with Gasteiger partial charge in [-0.3, -0.25) is 19.2 Å². The van der Waals surface area contributed by atoms with E-state index in [1.807, 2.05) is 6.07 Å². The molecule has 190 valence electrons. The summed E-state index contributed by atoms with van der Waals surface area (Å²) < 4.78 is 16.8. The minimum atomic E-state index is -1.01. The Morgan fingerprint density at radius 1 is 0.941 bits per heavy atom. The molecule has 9 nitrogen and oxygen atoms in total. The summed E-state index contributed by atoms with van der Waals surface area (Å²) in [6.45, 7) is 3.28. The van der Waals surface area contributed by atoms with Crippen molar-refractivity contribution in [3.05, 3.63) is 23.8 Å². The molecule has 0 aliphatic carbocycles. The first-order valence-corrected chi connectivity index (χ1v) is 10.8. The fourth-order valence-corrected chi connectivity index (χ4v) is 5.02. The standard InChI is InChI=1S/C23H29NO8.2BrH/c1-14(25)30-20-7-4-16(10-21(20)31-15(2)26)13-24(3)17-5-6-18(24)12-19(11-17)32-23(29)9-8-22(27)28;;/h4,7,10,17-19H,5-6,8-9,11-13H2,1-3H3;2*1H/p+1/t17-,18+,19?,24?;;. The van der Waals surface area contributed by atoms with Crippen LogP contribution in [0.25, 0.3) is 0 Å². The second-order valence-corrected chi connectivity index (χ2v) is 8.84. The van der Waals surface area contributed by atoms with Crippen molar-refractivity contribution in [2.45, 2.75) is 77.1 Å². The average Bonchev–Trinajstić information content (AvgIpc) is 2.85. The maximum Gasteiger partial charge on any atom is 0.308 e. The van der Waals surface area contributed by atoms with Crippen molar-refractivity contribution < 1.29 is 43.0 Å². The summed E-state index contributed by atoms with van der Waals surface area (Å²) in [5.74, 6) is -2.05. The smallest absolute Gasteiger partial charge is 0.308 e. The number of carbonyl (C=O) groups excluding carboxylic acids is 3. The lowest BCUT2D eigenvalue weighted by atomic mass is 9.95. The van der Waals surface area contributed by atoms with Crippen molar-refractivity contribution in [3.63, 3.8) is 0 Å². The summed E-state index contributed by atoms with van der Waals surface area (Å²) in [7, 11) is 2.19. The van der Waals surface area contributed by atoms with Gasteiger partial charge in [-0.2, -0.15) is 0 Å². The van der Waals surface area contributed by atoms with E-state index in [1.54, 1.807) is 12.1 Å². The summed E-state index contributed by atoms with van der Waals surface area (Å²) in [5, 5.41) is 8.74. The summed E-state index contributed by atoms with van der Waals surface area (Å²) in [6.07, 6.45) is 2.98. The third-order valence-corrected chi connectivity index (χ3v) is 6.45. The van der Waals surface area contributed by atoms with Crippen LogP contribution in [-0.4, -0.2) is 58.7 Å². The summed E-state index contributed by atoms with van der Waals surface area (Å²) in [6, 6.07) is 5.85. The molecule has 34 heavy (non-hydrogen) atoms. The Labute approximate surface area is 219 Å².